The van der Waals surface area contributed by atoms with Crippen molar-refractivity contribution in [1.82, 2.24) is 24.5 Å². The van der Waals surface area contributed by atoms with Crippen molar-refractivity contribution in [2.75, 3.05) is 38.5 Å². The molecule has 1 unspecified atom stereocenters. The molecule has 3 aromatic rings. The van der Waals surface area contributed by atoms with Crippen LogP contribution in [0.4, 0.5) is 13.2 Å². The molecule has 8 nitrogen and oxygen atoms in total. The van der Waals surface area contributed by atoms with Crippen molar-refractivity contribution in [2.45, 2.75) is 69.4 Å². The van der Waals surface area contributed by atoms with Gasteiger partial charge in [-0.15, -0.1) is 11.8 Å². The molecule has 12 heteroatoms. The third-order valence-electron chi connectivity index (χ3n) is 9.01. The van der Waals surface area contributed by atoms with Crippen molar-refractivity contribution in [3.05, 3.63) is 70.4 Å². The van der Waals surface area contributed by atoms with Gasteiger partial charge in [0.2, 0.25) is 11.8 Å². The summed E-state index contributed by atoms with van der Waals surface area (Å²) in [6.45, 7) is 5.86. The average Bonchev–Trinajstić information content (AvgIpc) is 3.68. The van der Waals surface area contributed by atoms with Crippen LogP contribution >= 0.6 is 11.8 Å². The van der Waals surface area contributed by atoms with Crippen molar-refractivity contribution in [3.8, 4) is 11.3 Å². The Hall–Kier alpha value is -3.35. The van der Waals surface area contributed by atoms with E-state index >= 15 is 0 Å². The topological polar surface area (TPSA) is 81.9 Å². The zero-order chi connectivity index (χ0) is 31.7. The predicted molar refractivity (Wildman–Crippen MR) is 165 cm³/mol. The number of aliphatic hydroxyl groups excluding tert-OH is 1. The number of benzene rings is 2. The zero-order valence-corrected chi connectivity index (χ0v) is 26.2. The number of alkyl halides is 3. The molecule has 0 radical (unpaired) electrons. The molecule has 3 aliphatic rings. The lowest BCUT2D eigenvalue weighted by Gasteiger charge is -2.31. The van der Waals surface area contributed by atoms with Crippen LogP contribution in [0, 0.1) is 0 Å². The minimum Gasteiger partial charge on any atom is -0.390 e. The predicted octanol–water partition coefficient (Wildman–Crippen LogP) is 4.61. The number of fused-ring (bicyclic) bond motifs is 2. The molecule has 1 aromatic heterocycles. The molecule has 0 aliphatic carbocycles. The molecule has 1 fully saturated rings. The molecule has 0 spiro atoms. The summed E-state index contributed by atoms with van der Waals surface area (Å²) in [4.78, 5) is 30.6. The van der Waals surface area contributed by atoms with E-state index in [1.54, 1.807) is 14.5 Å². The number of hydrogen-bond donors (Lipinski definition) is 1. The van der Waals surface area contributed by atoms with Gasteiger partial charge in [0.25, 0.3) is 0 Å². The summed E-state index contributed by atoms with van der Waals surface area (Å²) in [5, 5.41) is 16.0. The summed E-state index contributed by atoms with van der Waals surface area (Å²) in [6.07, 6.45) is -2.04. The highest BCUT2D eigenvalue weighted by Gasteiger charge is 2.35. The highest BCUT2D eigenvalue weighted by molar-refractivity contribution is 8.00. The van der Waals surface area contributed by atoms with Crippen LogP contribution in [-0.2, 0) is 48.2 Å². The fraction of sp³-hybridized carbons (Fsp3) is 0.485. The minimum absolute atomic E-state index is 0.0273. The van der Waals surface area contributed by atoms with Gasteiger partial charge in [-0.2, -0.15) is 18.3 Å². The number of rotatable bonds is 8. The van der Waals surface area contributed by atoms with E-state index in [4.69, 9.17) is 5.10 Å². The highest BCUT2D eigenvalue weighted by atomic mass is 32.2. The summed E-state index contributed by atoms with van der Waals surface area (Å²) in [7, 11) is 0. The van der Waals surface area contributed by atoms with Gasteiger partial charge in [0.05, 0.1) is 29.7 Å². The molecular formula is C33H38F3N5O3S. The summed E-state index contributed by atoms with van der Waals surface area (Å²) in [5.41, 5.74) is 4.44. The molecule has 240 valence electrons. The summed E-state index contributed by atoms with van der Waals surface area (Å²) >= 11 is 0.897. The molecule has 1 saturated heterocycles. The Morgan fingerprint density at radius 1 is 0.956 bits per heavy atom. The van der Waals surface area contributed by atoms with Gasteiger partial charge in [-0.05, 0) is 42.5 Å². The lowest BCUT2D eigenvalue weighted by atomic mass is 9.99. The Morgan fingerprint density at radius 2 is 1.71 bits per heavy atom. The van der Waals surface area contributed by atoms with Gasteiger partial charge in [0, 0.05) is 80.9 Å². The van der Waals surface area contributed by atoms with E-state index in [-0.39, 0.29) is 35.6 Å². The van der Waals surface area contributed by atoms with Gasteiger partial charge in [0.15, 0.2) is 0 Å². The number of hydrogen-bond acceptors (Lipinski definition) is 6. The molecular weight excluding hydrogens is 603 g/mol. The number of nitrogens with zero attached hydrogens (tertiary/aromatic N) is 5. The standard InChI is InChI=1S/C33H38F3N5O3S/c1-22(42)40-15-11-29-27(20-40)32(37-41(29)19-26(43)18-38-14-10-23-6-2-3-7-25(23)17-38)24-8-9-28(33(34,35)36)30(16-24)45-21-31(44)39-12-4-5-13-39/h2-3,6-9,16,26,43H,4-5,10-15,17-21H2,1H3. The second-order valence-electron chi connectivity index (χ2n) is 12.1. The molecule has 6 rings (SSSR count). The van der Waals surface area contributed by atoms with Gasteiger partial charge in [0.1, 0.15) is 0 Å². The molecule has 2 aromatic carbocycles. The fourth-order valence-electron chi connectivity index (χ4n) is 6.63. The number of likely N-dealkylation sites (tertiary alicyclic amines) is 1. The van der Waals surface area contributed by atoms with E-state index in [1.807, 2.05) is 12.1 Å². The van der Waals surface area contributed by atoms with Crippen molar-refractivity contribution in [3.63, 3.8) is 0 Å². The van der Waals surface area contributed by atoms with Crippen LogP contribution in [0.2, 0.25) is 0 Å². The van der Waals surface area contributed by atoms with E-state index in [0.717, 1.165) is 61.4 Å². The monoisotopic (exact) mass is 641 g/mol. The number of thioether (sulfide) groups is 1. The molecule has 2 amide bonds. The lowest BCUT2D eigenvalue weighted by molar-refractivity contribution is -0.139. The first kappa shape index (κ1) is 31.6. The fourth-order valence-corrected chi connectivity index (χ4v) is 7.64. The second kappa shape index (κ2) is 13.2. The first-order chi connectivity index (χ1) is 21.6. The van der Waals surface area contributed by atoms with Crippen molar-refractivity contribution in [1.29, 1.82) is 0 Å². The van der Waals surface area contributed by atoms with E-state index in [1.165, 1.54) is 30.2 Å². The Kier molecular flexibility index (Phi) is 9.26. The minimum atomic E-state index is -4.58. The first-order valence-corrected chi connectivity index (χ1v) is 16.5. The van der Waals surface area contributed by atoms with Crippen LogP contribution in [0.5, 0.6) is 0 Å². The molecule has 4 heterocycles. The number of amides is 2. The van der Waals surface area contributed by atoms with Gasteiger partial charge in [-0.3, -0.25) is 19.2 Å². The van der Waals surface area contributed by atoms with Gasteiger partial charge in [-0.25, -0.2) is 0 Å². The van der Waals surface area contributed by atoms with E-state index in [2.05, 4.69) is 17.0 Å². The van der Waals surface area contributed by atoms with E-state index < -0.39 is 17.8 Å². The number of carbonyl (C=O) groups is 2. The number of aromatic nitrogens is 2. The van der Waals surface area contributed by atoms with Crippen LogP contribution < -0.4 is 0 Å². The molecule has 1 atom stereocenters. The average molecular weight is 642 g/mol. The largest absolute Gasteiger partial charge is 0.417 e. The molecule has 45 heavy (non-hydrogen) atoms. The van der Waals surface area contributed by atoms with Crippen LogP contribution in [-0.4, -0.2) is 86.0 Å². The maximum Gasteiger partial charge on any atom is 0.417 e. The Morgan fingerprint density at radius 3 is 2.44 bits per heavy atom. The number of halogens is 3. The second-order valence-corrected chi connectivity index (χ2v) is 13.2. The smallest absolute Gasteiger partial charge is 0.390 e. The van der Waals surface area contributed by atoms with Gasteiger partial charge < -0.3 is 14.9 Å². The third-order valence-corrected chi connectivity index (χ3v) is 10.1. The Bertz CT molecular complexity index is 1570. The molecule has 0 saturated carbocycles. The van der Waals surface area contributed by atoms with Gasteiger partial charge in [-0.1, -0.05) is 30.3 Å². The summed E-state index contributed by atoms with van der Waals surface area (Å²) in [5.74, 6) is -0.334. The van der Waals surface area contributed by atoms with Crippen molar-refractivity contribution < 1.29 is 27.9 Å². The van der Waals surface area contributed by atoms with Crippen LogP contribution in [0.25, 0.3) is 11.3 Å². The van der Waals surface area contributed by atoms with Crippen LogP contribution in [0.3, 0.4) is 0 Å². The van der Waals surface area contributed by atoms with E-state index in [0.29, 0.717) is 43.9 Å². The zero-order valence-electron chi connectivity index (χ0n) is 25.4. The quantitative estimate of drug-likeness (QED) is 0.362. The summed E-state index contributed by atoms with van der Waals surface area (Å²) < 4.78 is 43.9. The SMILES string of the molecule is CC(=O)N1CCc2c(c(-c3ccc(C(F)(F)F)c(SCC(=O)N4CCCC4)c3)nn2CC(O)CN2CCc3ccccc3C2)C1. The third kappa shape index (κ3) is 7.07. The van der Waals surface area contributed by atoms with Crippen LogP contribution in [0.1, 0.15) is 47.7 Å². The van der Waals surface area contributed by atoms with E-state index in [9.17, 15) is 27.9 Å². The first-order valence-electron chi connectivity index (χ1n) is 15.5. The lowest BCUT2D eigenvalue weighted by Crippen LogP contribution is -2.39. The normalized spacial score (nSPS) is 17.7. The van der Waals surface area contributed by atoms with Gasteiger partial charge >= 0.3 is 6.18 Å². The maximum absolute atomic E-state index is 14.0. The molecule has 1 N–H and O–H groups in total. The van der Waals surface area contributed by atoms with Crippen molar-refractivity contribution in [2.24, 2.45) is 0 Å². The number of carbonyl (C=O) groups excluding carboxylic acids is 2. The van der Waals surface area contributed by atoms with Crippen molar-refractivity contribution >= 4 is 23.6 Å². The molecule has 0 bridgehead atoms. The Labute approximate surface area is 265 Å². The maximum atomic E-state index is 14.0. The molecule has 3 aliphatic heterocycles. The number of aliphatic hydroxyl groups is 1. The van der Waals surface area contributed by atoms with Crippen LogP contribution in [0.15, 0.2) is 47.4 Å². The number of β-amino-alcohol motifs (C(OH)–C–C–N with tert-alkyl or cyclic N) is 1. The highest BCUT2D eigenvalue weighted by Crippen LogP contribution is 2.40. The Balaban J connectivity index is 1.27. The summed E-state index contributed by atoms with van der Waals surface area (Å²) in [6, 6.07) is 12.3.